The third kappa shape index (κ3) is 3.35. The van der Waals surface area contributed by atoms with Crippen molar-refractivity contribution in [3.05, 3.63) is 17.0 Å². The van der Waals surface area contributed by atoms with Crippen LogP contribution in [0.5, 0.6) is 0 Å². The maximum atomic E-state index is 4.76. The van der Waals surface area contributed by atoms with Crippen LogP contribution >= 0.6 is 0 Å². The van der Waals surface area contributed by atoms with E-state index in [9.17, 15) is 0 Å². The molecule has 0 radical (unpaired) electrons. The number of rotatable bonds is 7. The minimum Gasteiger partial charge on any atom is -0.315 e. The van der Waals surface area contributed by atoms with E-state index in [1.54, 1.807) is 0 Å². The van der Waals surface area contributed by atoms with Crippen molar-refractivity contribution < 1.29 is 0 Å². The van der Waals surface area contributed by atoms with Gasteiger partial charge in [-0.1, -0.05) is 27.7 Å². The van der Waals surface area contributed by atoms with Gasteiger partial charge in [-0.15, -0.1) is 0 Å². The molecule has 18 heavy (non-hydrogen) atoms. The molecule has 1 aromatic heterocycles. The molecule has 0 amide bonds. The lowest BCUT2D eigenvalue weighted by molar-refractivity contribution is 0.324. The predicted octanol–water partition coefficient (Wildman–Crippen LogP) is 3.26. The molecule has 1 heterocycles. The van der Waals surface area contributed by atoms with Gasteiger partial charge in [0.15, 0.2) is 0 Å². The minimum absolute atomic E-state index is 0.454. The first-order valence-electron chi connectivity index (χ1n) is 7.28. The van der Waals surface area contributed by atoms with Crippen LogP contribution in [0.2, 0.25) is 0 Å². The van der Waals surface area contributed by atoms with Crippen LogP contribution in [0.1, 0.15) is 57.1 Å². The van der Waals surface area contributed by atoms with Crippen molar-refractivity contribution >= 4 is 0 Å². The zero-order valence-electron chi connectivity index (χ0n) is 12.9. The molecular weight excluding hydrogens is 222 g/mol. The Morgan fingerprint density at radius 1 is 1.22 bits per heavy atom. The maximum absolute atomic E-state index is 4.76. The van der Waals surface area contributed by atoms with Crippen molar-refractivity contribution in [2.24, 2.45) is 5.92 Å². The highest BCUT2D eigenvalue weighted by Crippen LogP contribution is 2.22. The lowest BCUT2D eigenvalue weighted by Crippen LogP contribution is -2.30. The summed E-state index contributed by atoms with van der Waals surface area (Å²) in [5, 5.41) is 8.29. The number of nitrogens with one attached hydrogen (secondary N) is 1. The first-order chi connectivity index (χ1) is 8.52. The molecule has 0 saturated carbocycles. The molecule has 1 aromatic rings. The normalized spacial score (nSPS) is 13.3. The molecule has 1 unspecified atom stereocenters. The van der Waals surface area contributed by atoms with Crippen molar-refractivity contribution in [2.45, 2.75) is 60.4 Å². The van der Waals surface area contributed by atoms with Crippen LogP contribution in [0.4, 0.5) is 0 Å². The lowest BCUT2D eigenvalue weighted by atomic mass is 10.0. The van der Waals surface area contributed by atoms with E-state index in [4.69, 9.17) is 5.10 Å². The van der Waals surface area contributed by atoms with Crippen molar-refractivity contribution in [2.75, 3.05) is 13.1 Å². The predicted molar refractivity (Wildman–Crippen MR) is 78.1 cm³/mol. The molecular formula is C15H29N3. The van der Waals surface area contributed by atoms with Gasteiger partial charge in [-0.25, -0.2) is 0 Å². The zero-order chi connectivity index (χ0) is 13.7. The van der Waals surface area contributed by atoms with Crippen LogP contribution in [0.25, 0.3) is 0 Å². The molecule has 0 aliphatic rings. The zero-order valence-corrected chi connectivity index (χ0v) is 12.9. The van der Waals surface area contributed by atoms with Crippen molar-refractivity contribution in [1.82, 2.24) is 15.1 Å². The molecule has 0 spiro atoms. The van der Waals surface area contributed by atoms with Gasteiger partial charge >= 0.3 is 0 Å². The van der Waals surface area contributed by atoms with Gasteiger partial charge in [0.25, 0.3) is 0 Å². The monoisotopic (exact) mass is 251 g/mol. The molecule has 0 aliphatic heterocycles. The second kappa shape index (κ2) is 6.93. The fourth-order valence-corrected chi connectivity index (χ4v) is 2.56. The van der Waals surface area contributed by atoms with Gasteiger partial charge in [0.2, 0.25) is 0 Å². The Balaban J connectivity index is 2.92. The quantitative estimate of drug-likeness (QED) is 0.754. The first kappa shape index (κ1) is 15.2. The molecule has 0 fully saturated rings. The second-order valence-electron chi connectivity index (χ2n) is 5.46. The molecule has 104 valence electrons. The highest BCUT2D eigenvalue weighted by Gasteiger charge is 2.20. The van der Waals surface area contributed by atoms with E-state index in [1.807, 2.05) is 0 Å². The van der Waals surface area contributed by atoms with Gasteiger partial charge in [-0.2, -0.15) is 5.10 Å². The summed E-state index contributed by atoms with van der Waals surface area (Å²) < 4.78 is 2.24. The summed E-state index contributed by atoms with van der Waals surface area (Å²) in [4.78, 5) is 0. The molecule has 1 N–H and O–H groups in total. The van der Waals surface area contributed by atoms with Crippen molar-refractivity contribution in [3.63, 3.8) is 0 Å². The SMILES string of the molecule is CCCNCC(C(C)C)n1nc(C)c(CC)c1C. The largest absolute Gasteiger partial charge is 0.315 e. The highest BCUT2D eigenvalue weighted by molar-refractivity contribution is 5.24. The van der Waals surface area contributed by atoms with Gasteiger partial charge < -0.3 is 5.32 Å². The summed E-state index contributed by atoms with van der Waals surface area (Å²) in [5.74, 6) is 0.595. The van der Waals surface area contributed by atoms with Crippen LogP contribution in [-0.2, 0) is 6.42 Å². The van der Waals surface area contributed by atoms with Crippen molar-refractivity contribution in [1.29, 1.82) is 0 Å². The van der Waals surface area contributed by atoms with Crippen LogP contribution in [-0.4, -0.2) is 22.9 Å². The Morgan fingerprint density at radius 2 is 1.89 bits per heavy atom. The fraction of sp³-hybridized carbons (Fsp3) is 0.800. The molecule has 0 aliphatic carbocycles. The van der Waals surface area contributed by atoms with E-state index in [0.717, 1.165) is 19.5 Å². The Morgan fingerprint density at radius 3 is 2.33 bits per heavy atom. The minimum atomic E-state index is 0.454. The average Bonchev–Trinajstić information content (AvgIpc) is 2.59. The summed E-state index contributed by atoms with van der Waals surface area (Å²) in [6.45, 7) is 15.4. The number of aromatic nitrogens is 2. The molecule has 3 nitrogen and oxygen atoms in total. The van der Waals surface area contributed by atoms with Crippen LogP contribution < -0.4 is 5.32 Å². The Labute approximate surface area is 112 Å². The summed E-state index contributed by atoms with van der Waals surface area (Å²) >= 11 is 0. The molecule has 0 saturated heterocycles. The van der Waals surface area contributed by atoms with E-state index in [0.29, 0.717) is 12.0 Å². The summed E-state index contributed by atoms with van der Waals surface area (Å²) in [7, 11) is 0. The third-order valence-electron chi connectivity index (χ3n) is 3.69. The van der Waals surface area contributed by atoms with Gasteiger partial charge in [0.1, 0.15) is 0 Å². The smallest absolute Gasteiger partial charge is 0.0669 e. The topological polar surface area (TPSA) is 29.9 Å². The summed E-state index contributed by atoms with van der Waals surface area (Å²) in [5.41, 5.74) is 3.94. The number of hydrogen-bond acceptors (Lipinski definition) is 2. The van der Waals surface area contributed by atoms with E-state index in [2.05, 4.69) is 51.5 Å². The fourth-order valence-electron chi connectivity index (χ4n) is 2.56. The molecule has 3 heteroatoms. The first-order valence-corrected chi connectivity index (χ1v) is 7.28. The van der Waals surface area contributed by atoms with E-state index in [-0.39, 0.29) is 0 Å². The molecule has 0 bridgehead atoms. The van der Waals surface area contributed by atoms with Crippen LogP contribution in [0, 0.1) is 19.8 Å². The molecule has 0 aromatic carbocycles. The van der Waals surface area contributed by atoms with E-state index in [1.165, 1.54) is 23.4 Å². The average molecular weight is 251 g/mol. The van der Waals surface area contributed by atoms with Gasteiger partial charge in [-0.05, 0) is 44.7 Å². The van der Waals surface area contributed by atoms with Crippen LogP contribution in [0.3, 0.4) is 0 Å². The second-order valence-corrected chi connectivity index (χ2v) is 5.46. The number of hydrogen-bond donors (Lipinski definition) is 1. The van der Waals surface area contributed by atoms with E-state index < -0.39 is 0 Å². The van der Waals surface area contributed by atoms with E-state index >= 15 is 0 Å². The van der Waals surface area contributed by atoms with Gasteiger partial charge in [0, 0.05) is 12.2 Å². The van der Waals surface area contributed by atoms with Gasteiger partial charge in [-0.3, -0.25) is 4.68 Å². The molecule has 1 atom stereocenters. The maximum Gasteiger partial charge on any atom is 0.0669 e. The van der Waals surface area contributed by atoms with Crippen molar-refractivity contribution in [3.8, 4) is 0 Å². The number of nitrogens with zero attached hydrogens (tertiary/aromatic N) is 2. The molecule has 1 rings (SSSR count). The lowest BCUT2D eigenvalue weighted by Gasteiger charge is -2.23. The van der Waals surface area contributed by atoms with Gasteiger partial charge in [0.05, 0.1) is 11.7 Å². The summed E-state index contributed by atoms with van der Waals surface area (Å²) in [6.07, 6.45) is 2.26. The highest BCUT2D eigenvalue weighted by atomic mass is 15.3. The standard InChI is InChI=1S/C15H29N3/c1-7-9-16-10-15(11(3)4)18-13(6)14(8-2)12(5)17-18/h11,15-16H,7-10H2,1-6H3. The number of aryl methyl sites for hydroxylation is 1. The Hall–Kier alpha value is -0.830. The third-order valence-corrected chi connectivity index (χ3v) is 3.69. The van der Waals surface area contributed by atoms with Crippen LogP contribution in [0.15, 0.2) is 0 Å². The Kier molecular flexibility index (Phi) is 5.86. The summed E-state index contributed by atoms with van der Waals surface area (Å²) in [6, 6.07) is 0.454. The Bertz CT molecular complexity index is 366.